The molecule has 0 spiro atoms. The third-order valence-corrected chi connectivity index (χ3v) is 4.86. The molecule has 6 heteroatoms. The zero-order chi connectivity index (χ0) is 21.5. The van der Waals surface area contributed by atoms with Gasteiger partial charge in [0.25, 0.3) is 0 Å². The van der Waals surface area contributed by atoms with E-state index in [-0.39, 0.29) is 0 Å². The van der Waals surface area contributed by atoms with Crippen LogP contribution in [-0.2, 0) is 13.1 Å². The Morgan fingerprint density at radius 1 is 0.903 bits per heavy atom. The fourth-order valence-corrected chi connectivity index (χ4v) is 3.30. The number of hydrogen-bond donors (Lipinski definition) is 2. The molecule has 155 valence electrons. The molecule has 1 radical (unpaired) electrons. The van der Waals surface area contributed by atoms with Gasteiger partial charge in [-0.3, -0.25) is 0 Å². The molecule has 0 fully saturated rings. The highest BCUT2D eigenvalue weighted by Gasteiger charge is 2.16. The van der Waals surface area contributed by atoms with Crippen molar-refractivity contribution < 1.29 is 4.74 Å². The average molecular weight is 411 g/mol. The Balaban J connectivity index is 1.64. The van der Waals surface area contributed by atoms with Crippen LogP contribution < -0.4 is 20.7 Å². The lowest BCUT2D eigenvalue weighted by atomic mass is 10.1. The number of nitrogen functional groups attached to an aromatic ring is 1. The monoisotopic (exact) mass is 410 g/mol. The number of nitrogens with one attached hydrogen (secondary N) is 1. The highest BCUT2D eigenvalue weighted by molar-refractivity contribution is 5.78. The molecule has 31 heavy (non-hydrogen) atoms. The van der Waals surface area contributed by atoms with Crippen molar-refractivity contribution in [3.63, 3.8) is 0 Å². The molecule has 3 aromatic carbocycles. The molecular weight excluding hydrogens is 386 g/mol. The number of methoxy groups -OCH3 is 1. The van der Waals surface area contributed by atoms with Crippen LogP contribution in [0.15, 0.2) is 85.2 Å². The molecule has 3 N–H and O–H groups in total. The second kappa shape index (κ2) is 9.63. The van der Waals surface area contributed by atoms with E-state index in [0.29, 0.717) is 36.2 Å². The van der Waals surface area contributed by atoms with Crippen molar-refractivity contribution >= 4 is 23.0 Å². The van der Waals surface area contributed by atoms with Gasteiger partial charge in [-0.1, -0.05) is 60.7 Å². The van der Waals surface area contributed by atoms with Crippen molar-refractivity contribution in [2.45, 2.75) is 13.1 Å². The van der Waals surface area contributed by atoms with Gasteiger partial charge in [-0.25, -0.2) is 9.97 Å². The molecule has 0 aliphatic carbocycles. The van der Waals surface area contributed by atoms with Crippen molar-refractivity contribution in [1.82, 2.24) is 9.97 Å². The van der Waals surface area contributed by atoms with Gasteiger partial charge in [-0.15, -0.1) is 0 Å². The third-order valence-electron chi connectivity index (χ3n) is 4.86. The first-order chi connectivity index (χ1) is 15.2. The molecule has 0 unspecified atom stereocenters. The van der Waals surface area contributed by atoms with E-state index >= 15 is 0 Å². The SMILES string of the molecule is COc1[c]cc(Nc2ncnc(N(Cc3ccccc3)Cc3ccccc3)c2N)cc1. The molecular formula is C25H24N5O. The van der Waals surface area contributed by atoms with Gasteiger partial charge in [0.1, 0.15) is 17.8 Å². The number of ether oxygens (including phenoxy) is 1. The zero-order valence-corrected chi connectivity index (χ0v) is 17.3. The van der Waals surface area contributed by atoms with Gasteiger partial charge >= 0.3 is 0 Å². The number of aromatic nitrogens is 2. The van der Waals surface area contributed by atoms with Gasteiger partial charge in [0, 0.05) is 24.8 Å². The molecule has 0 aliphatic heterocycles. The highest BCUT2D eigenvalue weighted by Crippen LogP contribution is 2.31. The van der Waals surface area contributed by atoms with Crippen LogP contribution in [0.5, 0.6) is 5.75 Å². The summed E-state index contributed by atoms with van der Waals surface area (Å²) in [5.41, 5.74) is 10.2. The van der Waals surface area contributed by atoms with Crippen molar-refractivity contribution in [2.75, 3.05) is 23.1 Å². The number of nitrogens with zero attached hydrogens (tertiary/aromatic N) is 3. The van der Waals surface area contributed by atoms with Crippen LogP contribution in [0.3, 0.4) is 0 Å². The minimum atomic E-state index is 0.491. The standard InChI is InChI=1S/C25H24N5O/c1-31-22-14-12-21(13-15-22)29-24-23(26)25(28-18-27-24)30(16-19-8-4-2-5-9-19)17-20-10-6-3-7-11-20/h2-14,18H,16-17,26H2,1H3,(H,27,28,29). The fourth-order valence-electron chi connectivity index (χ4n) is 3.30. The lowest BCUT2D eigenvalue weighted by molar-refractivity contribution is 0.414. The first kappa shape index (κ1) is 20.2. The maximum atomic E-state index is 6.53. The summed E-state index contributed by atoms with van der Waals surface area (Å²) in [4.78, 5) is 11.0. The number of anilines is 4. The molecule has 4 rings (SSSR count). The van der Waals surface area contributed by atoms with E-state index < -0.39 is 0 Å². The van der Waals surface area contributed by atoms with Gasteiger partial charge in [0.15, 0.2) is 11.6 Å². The number of nitrogens with two attached hydrogens (primary N) is 1. The van der Waals surface area contributed by atoms with E-state index in [2.05, 4.69) is 50.5 Å². The minimum Gasteiger partial charge on any atom is -0.496 e. The Morgan fingerprint density at radius 2 is 1.55 bits per heavy atom. The molecule has 0 atom stereocenters. The lowest BCUT2D eigenvalue weighted by Gasteiger charge is -2.26. The summed E-state index contributed by atoms with van der Waals surface area (Å²) < 4.78 is 5.17. The molecule has 0 amide bonds. The van der Waals surface area contributed by atoms with Crippen LogP contribution in [0.25, 0.3) is 0 Å². The van der Waals surface area contributed by atoms with Crippen molar-refractivity contribution in [1.29, 1.82) is 0 Å². The Labute approximate surface area is 182 Å². The van der Waals surface area contributed by atoms with E-state index in [1.54, 1.807) is 13.2 Å². The van der Waals surface area contributed by atoms with Crippen LogP contribution in [-0.4, -0.2) is 17.1 Å². The lowest BCUT2D eigenvalue weighted by Crippen LogP contribution is -2.24. The summed E-state index contributed by atoms with van der Waals surface area (Å²) in [5, 5.41) is 3.26. The van der Waals surface area contributed by atoms with Crippen LogP contribution in [0.1, 0.15) is 11.1 Å². The number of benzene rings is 3. The molecule has 1 heterocycles. The summed E-state index contributed by atoms with van der Waals surface area (Å²) in [6, 6.07) is 29.1. The van der Waals surface area contributed by atoms with Crippen molar-refractivity contribution in [3.05, 3.63) is 102 Å². The van der Waals surface area contributed by atoms with E-state index in [1.165, 1.54) is 17.5 Å². The van der Waals surface area contributed by atoms with Gasteiger partial charge in [-0.05, 0) is 29.3 Å². The Bertz CT molecular complexity index is 1060. The van der Waals surface area contributed by atoms with E-state index in [4.69, 9.17) is 10.5 Å². The molecule has 0 saturated carbocycles. The van der Waals surface area contributed by atoms with Crippen molar-refractivity contribution in [3.8, 4) is 5.75 Å². The fraction of sp³-hybridized carbons (Fsp3) is 0.120. The molecule has 0 bridgehead atoms. The summed E-state index contributed by atoms with van der Waals surface area (Å²) in [6.07, 6.45) is 1.53. The second-order valence-corrected chi connectivity index (χ2v) is 7.06. The molecule has 4 aromatic rings. The third kappa shape index (κ3) is 5.11. The van der Waals surface area contributed by atoms with Gasteiger partial charge in [-0.2, -0.15) is 0 Å². The van der Waals surface area contributed by atoms with E-state index in [9.17, 15) is 0 Å². The van der Waals surface area contributed by atoms with Crippen LogP contribution >= 0.6 is 0 Å². The minimum absolute atomic E-state index is 0.491. The Hall–Kier alpha value is -4.06. The summed E-state index contributed by atoms with van der Waals surface area (Å²) >= 11 is 0. The van der Waals surface area contributed by atoms with Gasteiger partial charge < -0.3 is 20.7 Å². The van der Waals surface area contributed by atoms with Crippen LogP contribution in [0.2, 0.25) is 0 Å². The highest BCUT2D eigenvalue weighted by atomic mass is 16.5. The average Bonchev–Trinajstić information content (AvgIpc) is 2.82. The topological polar surface area (TPSA) is 76.3 Å². The molecule has 6 nitrogen and oxygen atoms in total. The number of hydrogen-bond acceptors (Lipinski definition) is 6. The first-order valence-corrected chi connectivity index (χ1v) is 9.99. The predicted octanol–water partition coefficient (Wildman–Crippen LogP) is 4.82. The maximum absolute atomic E-state index is 6.53. The van der Waals surface area contributed by atoms with E-state index in [0.717, 1.165) is 5.69 Å². The quantitative estimate of drug-likeness (QED) is 0.434. The zero-order valence-electron chi connectivity index (χ0n) is 17.3. The summed E-state index contributed by atoms with van der Waals surface area (Å²) in [6.45, 7) is 1.35. The number of rotatable bonds is 8. The van der Waals surface area contributed by atoms with Crippen LogP contribution in [0.4, 0.5) is 23.0 Å². The normalized spacial score (nSPS) is 10.5. The van der Waals surface area contributed by atoms with Gasteiger partial charge in [0.05, 0.1) is 7.11 Å². The first-order valence-electron chi connectivity index (χ1n) is 9.99. The van der Waals surface area contributed by atoms with Crippen LogP contribution in [0, 0.1) is 6.07 Å². The second-order valence-electron chi connectivity index (χ2n) is 7.06. The largest absolute Gasteiger partial charge is 0.496 e. The summed E-state index contributed by atoms with van der Waals surface area (Å²) in [7, 11) is 1.61. The van der Waals surface area contributed by atoms with Crippen molar-refractivity contribution in [2.24, 2.45) is 0 Å². The molecule has 0 saturated heterocycles. The smallest absolute Gasteiger partial charge is 0.159 e. The maximum Gasteiger partial charge on any atom is 0.159 e. The van der Waals surface area contributed by atoms with E-state index in [1.807, 2.05) is 48.5 Å². The molecule has 1 aromatic heterocycles. The predicted molar refractivity (Wildman–Crippen MR) is 124 cm³/mol. The Morgan fingerprint density at radius 3 is 2.10 bits per heavy atom. The summed E-state index contributed by atoms with van der Waals surface area (Å²) in [5.74, 6) is 1.90. The van der Waals surface area contributed by atoms with Gasteiger partial charge in [0.2, 0.25) is 0 Å². The Kier molecular flexibility index (Phi) is 6.28. The molecule has 0 aliphatic rings.